The zero-order valence-corrected chi connectivity index (χ0v) is 11.9. The minimum Gasteiger partial charge on any atom is -0.465 e. The summed E-state index contributed by atoms with van der Waals surface area (Å²) in [6.45, 7) is 0.390. The number of unbranched alkanes of at least 4 members (excludes halogenated alkanes) is 2. The average molecular weight is 291 g/mol. The number of rotatable bonds is 7. The van der Waals surface area contributed by atoms with E-state index in [0.717, 1.165) is 30.4 Å². The maximum absolute atomic E-state index is 10.3. The van der Waals surface area contributed by atoms with Gasteiger partial charge in [0.2, 0.25) is 0 Å². The highest BCUT2D eigenvalue weighted by atomic mass is 16.4. The van der Waals surface area contributed by atoms with Gasteiger partial charge in [-0.1, -0.05) is 24.0 Å². The second-order valence-electron chi connectivity index (χ2n) is 4.64. The van der Waals surface area contributed by atoms with Crippen molar-refractivity contribution in [3.8, 4) is 11.8 Å². The molecule has 0 aliphatic heterocycles. The van der Waals surface area contributed by atoms with Crippen LogP contribution >= 0.6 is 0 Å². The van der Waals surface area contributed by atoms with E-state index in [0.29, 0.717) is 6.42 Å². The summed E-state index contributed by atoms with van der Waals surface area (Å²) in [4.78, 5) is 10.3. The van der Waals surface area contributed by atoms with Crippen LogP contribution in [0.25, 0.3) is 0 Å². The van der Waals surface area contributed by atoms with Gasteiger partial charge in [0.05, 0.1) is 6.10 Å². The molecule has 4 N–H and O–H groups in total. The van der Waals surface area contributed by atoms with Gasteiger partial charge in [-0.3, -0.25) is 0 Å². The van der Waals surface area contributed by atoms with Gasteiger partial charge in [0.25, 0.3) is 0 Å². The first-order valence-electron chi connectivity index (χ1n) is 6.98. The lowest BCUT2D eigenvalue weighted by Gasteiger charge is -2.11. The van der Waals surface area contributed by atoms with E-state index < -0.39 is 12.2 Å². The van der Waals surface area contributed by atoms with E-state index in [4.69, 9.17) is 10.2 Å². The molecular weight excluding hydrogens is 270 g/mol. The molecule has 0 bridgehead atoms. The van der Waals surface area contributed by atoms with Crippen molar-refractivity contribution in [1.29, 1.82) is 0 Å². The largest absolute Gasteiger partial charge is 0.465 e. The molecule has 0 saturated carbocycles. The molecule has 0 spiro atoms. The van der Waals surface area contributed by atoms with Crippen LogP contribution in [-0.2, 0) is 0 Å². The number of aliphatic hydroxyl groups is 2. The van der Waals surface area contributed by atoms with E-state index >= 15 is 0 Å². The van der Waals surface area contributed by atoms with E-state index in [1.807, 2.05) is 18.2 Å². The summed E-state index contributed by atoms with van der Waals surface area (Å²) in [6.07, 6.45) is 0.865. The highest BCUT2D eigenvalue weighted by molar-refractivity contribution is 5.64. The van der Waals surface area contributed by atoms with Crippen LogP contribution in [0.5, 0.6) is 0 Å². The van der Waals surface area contributed by atoms with Crippen LogP contribution in [0.4, 0.5) is 4.79 Å². The van der Waals surface area contributed by atoms with Gasteiger partial charge in [-0.05, 0) is 37.0 Å². The molecule has 1 unspecified atom stereocenters. The van der Waals surface area contributed by atoms with Crippen molar-refractivity contribution in [3.63, 3.8) is 0 Å². The SMILES string of the molecule is O=C(O)NCCC(O)c1cccc(C#CCCCCO)c1. The minimum absolute atomic E-state index is 0.188. The van der Waals surface area contributed by atoms with E-state index in [1.165, 1.54) is 0 Å². The zero-order valence-electron chi connectivity index (χ0n) is 11.9. The molecule has 0 heterocycles. The highest BCUT2D eigenvalue weighted by Crippen LogP contribution is 2.17. The first kappa shape index (κ1) is 17.0. The van der Waals surface area contributed by atoms with Crippen molar-refractivity contribution in [1.82, 2.24) is 5.32 Å². The third-order valence-corrected chi connectivity index (χ3v) is 2.91. The Balaban J connectivity index is 2.52. The lowest BCUT2D eigenvalue weighted by molar-refractivity contribution is 0.162. The second-order valence-corrected chi connectivity index (χ2v) is 4.64. The number of nitrogens with one attached hydrogen (secondary N) is 1. The van der Waals surface area contributed by atoms with Crippen molar-refractivity contribution in [2.75, 3.05) is 13.2 Å². The van der Waals surface area contributed by atoms with Crippen LogP contribution in [0.3, 0.4) is 0 Å². The topological polar surface area (TPSA) is 89.8 Å². The summed E-state index contributed by atoms with van der Waals surface area (Å²) < 4.78 is 0. The number of hydrogen-bond acceptors (Lipinski definition) is 3. The van der Waals surface area contributed by atoms with Gasteiger partial charge in [0.15, 0.2) is 0 Å². The quantitative estimate of drug-likeness (QED) is 0.456. The van der Waals surface area contributed by atoms with Gasteiger partial charge >= 0.3 is 6.09 Å². The van der Waals surface area contributed by atoms with Gasteiger partial charge in [-0.2, -0.15) is 0 Å². The molecule has 114 valence electrons. The van der Waals surface area contributed by atoms with Crippen molar-refractivity contribution in [3.05, 3.63) is 35.4 Å². The zero-order chi connectivity index (χ0) is 15.5. The average Bonchev–Trinajstić information content (AvgIpc) is 2.47. The van der Waals surface area contributed by atoms with Crippen LogP contribution < -0.4 is 5.32 Å². The molecule has 1 atom stereocenters. The predicted octanol–water partition coefficient (Wildman–Crippen LogP) is 1.89. The number of hydrogen-bond donors (Lipinski definition) is 4. The Hall–Kier alpha value is -2.03. The summed E-state index contributed by atoms with van der Waals surface area (Å²) in [5, 5.41) is 29.4. The summed E-state index contributed by atoms with van der Waals surface area (Å²) in [6, 6.07) is 7.29. The van der Waals surface area contributed by atoms with Crippen molar-refractivity contribution in [2.24, 2.45) is 0 Å². The summed E-state index contributed by atoms with van der Waals surface area (Å²) in [7, 11) is 0. The Kier molecular flexibility index (Phi) is 7.95. The number of carboxylic acid groups (broad SMARTS) is 1. The van der Waals surface area contributed by atoms with Gasteiger partial charge < -0.3 is 20.6 Å². The van der Waals surface area contributed by atoms with Gasteiger partial charge in [-0.25, -0.2) is 4.79 Å². The Labute approximate surface area is 124 Å². The predicted molar refractivity (Wildman–Crippen MR) is 79.9 cm³/mol. The molecule has 5 nitrogen and oxygen atoms in total. The second kappa shape index (κ2) is 9.81. The third kappa shape index (κ3) is 7.35. The normalized spacial score (nSPS) is 11.3. The molecule has 1 amide bonds. The monoisotopic (exact) mass is 291 g/mol. The van der Waals surface area contributed by atoms with E-state index in [1.54, 1.807) is 6.07 Å². The molecule has 1 aromatic carbocycles. The number of carbonyl (C=O) groups is 1. The molecule has 0 aromatic heterocycles. The summed E-state index contributed by atoms with van der Waals surface area (Å²) >= 11 is 0. The Morgan fingerprint density at radius 2 is 2.14 bits per heavy atom. The Morgan fingerprint density at radius 1 is 1.33 bits per heavy atom. The lowest BCUT2D eigenvalue weighted by Crippen LogP contribution is -2.23. The molecule has 0 aliphatic rings. The number of amides is 1. The number of aliphatic hydroxyl groups excluding tert-OH is 2. The van der Waals surface area contributed by atoms with Gasteiger partial charge in [0.1, 0.15) is 0 Å². The van der Waals surface area contributed by atoms with Gasteiger partial charge in [-0.15, -0.1) is 0 Å². The summed E-state index contributed by atoms with van der Waals surface area (Å²) in [5.74, 6) is 6.05. The highest BCUT2D eigenvalue weighted by Gasteiger charge is 2.08. The van der Waals surface area contributed by atoms with Crippen molar-refractivity contribution >= 4 is 6.09 Å². The third-order valence-electron chi connectivity index (χ3n) is 2.91. The van der Waals surface area contributed by atoms with E-state index in [9.17, 15) is 9.90 Å². The van der Waals surface area contributed by atoms with Crippen LogP contribution in [0.15, 0.2) is 24.3 Å². The lowest BCUT2D eigenvalue weighted by atomic mass is 10.0. The molecule has 0 saturated heterocycles. The van der Waals surface area contributed by atoms with E-state index in [-0.39, 0.29) is 13.2 Å². The Morgan fingerprint density at radius 3 is 2.86 bits per heavy atom. The molecule has 1 aromatic rings. The fourth-order valence-electron chi connectivity index (χ4n) is 1.80. The first-order chi connectivity index (χ1) is 10.1. The maximum Gasteiger partial charge on any atom is 0.404 e. The molecule has 0 aliphatic carbocycles. The molecule has 21 heavy (non-hydrogen) atoms. The van der Waals surface area contributed by atoms with Crippen LogP contribution in [0.2, 0.25) is 0 Å². The minimum atomic E-state index is -1.09. The van der Waals surface area contributed by atoms with Crippen LogP contribution in [0, 0.1) is 11.8 Å². The smallest absolute Gasteiger partial charge is 0.404 e. The molecule has 0 fully saturated rings. The fourth-order valence-corrected chi connectivity index (χ4v) is 1.80. The summed E-state index contributed by atoms with van der Waals surface area (Å²) in [5.41, 5.74) is 1.55. The molecule has 5 heteroatoms. The van der Waals surface area contributed by atoms with Crippen molar-refractivity contribution in [2.45, 2.75) is 31.8 Å². The number of benzene rings is 1. The fraction of sp³-hybridized carbons (Fsp3) is 0.438. The molecular formula is C16H21NO4. The standard InChI is InChI=1S/C16H21NO4/c18-11-4-2-1-3-6-13-7-5-8-14(12-13)15(19)9-10-17-16(20)21/h5,7-8,12,15,17-19H,1-2,4,9-11H2,(H,20,21). The first-order valence-corrected chi connectivity index (χ1v) is 6.98. The maximum atomic E-state index is 10.3. The molecule has 0 radical (unpaired) electrons. The van der Waals surface area contributed by atoms with Gasteiger partial charge in [0, 0.05) is 25.1 Å². The van der Waals surface area contributed by atoms with Crippen molar-refractivity contribution < 1.29 is 20.1 Å². The molecule has 1 rings (SSSR count). The van der Waals surface area contributed by atoms with Crippen LogP contribution in [0.1, 0.15) is 42.9 Å². The van der Waals surface area contributed by atoms with E-state index in [2.05, 4.69) is 17.2 Å². The Bertz CT molecular complexity index is 504. The van der Waals surface area contributed by atoms with Crippen LogP contribution in [-0.4, -0.2) is 34.6 Å².